The topological polar surface area (TPSA) is 79.8 Å². The van der Waals surface area contributed by atoms with E-state index in [-0.39, 0.29) is 24.7 Å². The van der Waals surface area contributed by atoms with Crippen molar-refractivity contribution in [3.05, 3.63) is 59.7 Å². The molecule has 6 heteroatoms. The fraction of sp³-hybridized carbons (Fsp3) is 0.250. The lowest BCUT2D eigenvalue weighted by atomic mass is 10.2. The van der Waals surface area contributed by atoms with Crippen LogP contribution < -0.4 is 15.5 Å². The van der Waals surface area contributed by atoms with Crippen LogP contribution >= 0.6 is 0 Å². The molecule has 0 radical (unpaired) electrons. The van der Waals surface area contributed by atoms with Crippen LogP contribution in [0.1, 0.15) is 30.9 Å². The molecule has 0 saturated heterocycles. The Kier molecular flexibility index (Phi) is 7.36. The number of rotatable bonds is 8. The van der Waals surface area contributed by atoms with E-state index in [1.807, 2.05) is 38.1 Å². The zero-order chi connectivity index (χ0) is 18.8. The molecule has 0 aliphatic rings. The van der Waals surface area contributed by atoms with Crippen molar-refractivity contribution >= 4 is 23.7 Å². The molecule has 6 nitrogen and oxygen atoms in total. The van der Waals surface area contributed by atoms with Crippen molar-refractivity contribution in [3.8, 4) is 5.75 Å². The van der Waals surface area contributed by atoms with E-state index >= 15 is 0 Å². The number of nitrogens with zero attached hydrogens (tertiary/aromatic N) is 1. The average molecular weight is 353 g/mol. The number of ether oxygens (including phenoxy) is 1. The van der Waals surface area contributed by atoms with Gasteiger partial charge in [0.1, 0.15) is 5.75 Å². The second-order valence-corrected chi connectivity index (χ2v) is 5.71. The summed E-state index contributed by atoms with van der Waals surface area (Å²) < 4.78 is 5.34. The normalized spacial score (nSPS) is 10.5. The number of anilines is 1. The smallest absolute Gasteiger partial charge is 0.240 e. The van der Waals surface area contributed by atoms with E-state index in [2.05, 4.69) is 15.8 Å². The van der Waals surface area contributed by atoms with E-state index in [0.717, 1.165) is 16.9 Å². The van der Waals surface area contributed by atoms with E-state index in [9.17, 15) is 9.59 Å². The van der Waals surface area contributed by atoms with Gasteiger partial charge in [0.05, 0.1) is 12.8 Å². The van der Waals surface area contributed by atoms with Gasteiger partial charge in [0.15, 0.2) is 0 Å². The minimum Gasteiger partial charge on any atom is -0.494 e. The van der Waals surface area contributed by atoms with Crippen LogP contribution in [-0.4, -0.2) is 24.6 Å². The van der Waals surface area contributed by atoms with Gasteiger partial charge in [0.25, 0.3) is 0 Å². The standard InChI is InChI=1S/C20H23N3O3/c1-3-26-18-9-7-17(8-10-18)22-19(24)11-12-20(25)23-21-14-16-6-4-5-15(2)13-16/h4-10,13-14H,3,11-12H2,1-2H3,(H,22,24)(H,23,25)/b21-14+. The van der Waals surface area contributed by atoms with Crippen LogP contribution in [0, 0.1) is 6.92 Å². The maximum atomic E-state index is 11.9. The van der Waals surface area contributed by atoms with Gasteiger partial charge in [-0.25, -0.2) is 5.43 Å². The maximum Gasteiger partial charge on any atom is 0.240 e. The summed E-state index contributed by atoms with van der Waals surface area (Å²) in [5.74, 6) is 0.207. The van der Waals surface area contributed by atoms with Crippen molar-refractivity contribution in [3.63, 3.8) is 0 Å². The molecule has 136 valence electrons. The first kappa shape index (κ1) is 19.2. The van der Waals surface area contributed by atoms with E-state index < -0.39 is 0 Å². The van der Waals surface area contributed by atoms with Crippen LogP contribution in [0.4, 0.5) is 5.69 Å². The number of hydrogen-bond donors (Lipinski definition) is 2. The molecule has 0 aliphatic carbocycles. The summed E-state index contributed by atoms with van der Waals surface area (Å²) in [4.78, 5) is 23.7. The van der Waals surface area contributed by atoms with Gasteiger partial charge < -0.3 is 10.1 Å². The van der Waals surface area contributed by atoms with Gasteiger partial charge in [-0.15, -0.1) is 0 Å². The van der Waals surface area contributed by atoms with Gasteiger partial charge in [0.2, 0.25) is 11.8 Å². The Morgan fingerprint density at radius 1 is 1.08 bits per heavy atom. The lowest BCUT2D eigenvalue weighted by Crippen LogP contribution is -2.20. The summed E-state index contributed by atoms with van der Waals surface area (Å²) in [6, 6.07) is 14.8. The first-order chi connectivity index (χ1) is 12.6. The largest absolute Gasteiger partial charge is 0.494 e. The molecule has 0 spiro atoms. The van der Waals surface area contributed by atoms with Gasteiger partial charge in [0, 0.05) is 18.5 Å². The second kappa shape index (κ2) is 9.98. The maximum absolute atomic E-state index is 11.9. The molecule has 2 amide bonds. The summed E-state index contributed by atoms with van der Waals surface area (Å²) >= 11 is 0. The number of aryl methyl sites for hydroxylation is 1. The van der Waals surface area contributed by atoms with Gasteiger partial charge >= 0.3 is 0 Å². The highest BCUT2D eigenvalue weighted by Crippen LogP contribution is 2.15. The number of hydrogen-bond acceptors (Lipinski definition) is 4. The second-order valence-electron chi connectivity index (χ2n) is 5.71. The van der Waals surface area contributed by atoms with Crippen LogP contribution in [-0.2, 0) is 9.59 Å². The Bertz CT molecular complexity index is 770. The molecule has 2 aromatic carbocycles. The summed E-state index contributed by atoms with van der Waals surface area (Å²) in [5, 5.41) is 6.64. The lowest BCUT2D eigenvalue weighted by molar-refractivity contribution is -0.124. The molecule has 0 aliphatic heterocycles. The Morgan fingerprint density at radius 3 is 2.50 bits per heavy atom. The van der Waals surface area contributed by atoms with Crippen molar-refractivity contribution in [2.45, 2.75) is 26.7 Å². The van der Waals surface area contributed by atoms with Crippen LogP contribution in [0.3, 0.4) is 0 Å². The van der Waals surface area contributed by atoms with E-state index in [1.54, 1.807) is 30.5 Å². The molecule has 2 rings (SSSR count). The molecule has 0 unspecified atom stereocenters. The highest BCUT2D eigenvalue weighted by Gasteiger charge is 2.07. The Labute approximate surface area is 153 Å². The fourth-order valence-corrected chi connectivity index (χ4v) is 2.24. The SMILES string of the molecule is CCOc1ccc(NC(=O)CCC(=O)N/N=C/c2cccc(C)c2)cc1. The monoisotopic (exact) mass is 353 g/mol. The molecule has 0 aromatic heterocycles. The molecule has 26 heavy (non-hydrogen) atoms. The van der Waals surface area contributed by atoms with Crippen LogP contribution in [0.5, 0.6) is 5.75 Å². The predicted octanol–water partition coefficient (Wildman–Crippen LogP) is 3.26. The van der Waals surface area contributed by atoms with Gasteiger partial charge in [-0.3, -0.25) is 9.59 Å². The quantitative estimate of drug-likeness (QED) is 0.565. The van der Waals surface area contributed by atoms with Crippen LogP contribution in [0.15, 0.2) is 53.6 Å². The average Bonchev–Trinajstić information content (AvgIpc) is 2.62. The Hall–Kier alpha value is -3.15. The first-order valence-corrected chi connectivity index (χ1v) is 8.48. The zero-order valence-electron chi connectivity index (χ0n) is 15.0. The number of nitrogens with one attached hydrogen (secondary N) is 2. The highest BCUT2D eigenvalue weighted by atomic mass is 16.5. The minimum atomic E-state index is -0.309. The molecule has 0 fully saturated rings. The molecule has 0 saturated carbocycles. The number of hydrazone groups is 1. The zero-order valence-corrected chi connectivity index (χ0v) is 15.0. The van der Waals surface area contributed by atoms with Crippen LogP contribution in [0.25, 0.3) is 0 Å². The van der Waals surface area contributed by atoms with Crippen molar-refractivity contribution < 1.29 is 14.3 Å². The van der Waals surface area contributed by atoms with Gasteiger partial charge in [-0.2, -0.15) is 5.10 Å². The molecule has 2 N–H and O–H groups in total. The Morgan fingerprint density at radius 2 is 1.81 bits per heavy atom. The predicted molar refractivity (Wildman–Crippen MR) is 102 cm³/mol. The van der Waals surface area contributed by atoms with Crippen molar-refractivity contribution in [2.75, 3.05) is 11.9 Å². The van der Waals surface area contributed by atoms with Crippen molar-refractivity contribution in [1.29, 1.82) is 0 Å². The number of carbonyl (C=O) groups is 2. The molecule has 0 atom stereocenters. The molecule has 0 bridgehead atoms. The fourth-order valence-electron chi connectivity index (χ4n) is 2.24. The number of benzene rings is 2. The third-order valence-electron chi connectivity index (χ3n) is 3.47. The summed E-state index contributed by atoms with van der Waals surface area (Å²) in [6.07, 6.45) is 1.72. The minimum absolute atomic E-state index is 0.0635. The lowest BCUT2D eigenvalue weighted by Gasteiger charge is -2.07. The third kappa shape index (κ3) is 6.76. The summed E-state index contributed by atoms with van der Waals surface area (Å²) in [6.45, 7) is 4.48. The van der Waals surface area contributed by atoms with E-state index in [4.69, 9.17) is 4.74 Å². The Balaban J connectivity index is 1.71. The third-order valence-corrected chi connectivity index (χ3v) is 3.47. The summed E-state index contributed by atoms with van der Waals surface area (Å²) in [7, 11) is 0. The molecular formula is C20H23N3O3. The first-order valence-electron chi connectivity index (χ1n) is 8.48. The van der Waals surface area contributed by atoms with E-state index in [1.165, 1.54) is 0 Å². The summed E-state index contributed by atoms with van der Waals surface area (Å²) in [5.41, 5.74) is 5.11. The number of amides is 2. The van der Waals surface area contributed by atoms with Crippen molar-refractivity contribution in [1.82, 2.24) is 5.43 Å². The molecular weight excluding hydrogens is 330 g/mol. The molecule has 2 aromatic rings. The van der Waals surface area contributed by atoms with Gasteiger partial charge in [-0.05, 0) is 43.7 Å². The molecule has 0 heterocycles. The van der Waals surface area contributed by atoms with Crippen LogP contribution in [0.2, 0.25) is 0 Å². The highest BCUT2D eigenvalue weighted by molar-refractivity contribution is 5.93. The van der Waals surface area contributed by atoms with E-state index in [0.29, 0.717) is 12.3 Å². The van der Waals surface area contributed by atoms with Crippen molar-refractivity contribution in [2.24, 2.45) is 5.10 Å². The number of carbonyl (C=O) groups excluding carboxylic acids is 2. The van der Waals surface area contributed by atoms with Gasteiger partial charge in [-0.1, -0.05) is 29.8 Å².